The number of nitrogens with zero attached hydrogens (tertiary/aromatic N) is 4. The highest BCUT2D eigenvalue weighted by Gasteiger charge is 2.20. The van der Waals surface area contributed by atoms with E-state index in [1.165, 1.54) is 0 Å². The molecule has 1 aliphatic carbocycles. The zero-order chi connectivity index (χ0) is 15.0. The van der Waals surface area contributed by atoms with Crippen LogP contribution in [-0.4, -0.2) is 47.8 Å². The van der Waals surface area contributed by atoms with E-state index in [-0.39, 0.29) is 12.3 Å². The number of amidine groups is 1. The number of rotatable bonds is 1. The molecule has 0 saturated carbocycles. The van der Waals surface area contributed by atoms with E-state index in [2.05, 4.69) is 32.4 Å². The highest BCUT2D eigenvalue weighted by Crippen LogP contribution is 2.18. The van der Waals surface area contributed by atoms with Crippen LogP contribution in [0.4, 0.5) is 0 Å². The molecular weight excluding hydrogens is 264 g/mol. The zero-order valence-electron chi connectivity index (χ0n) is 12.5. The summed E-state index contributed by atoms with van der Waals surface area (Å²) in [7, 11) is 3.95. The van der Waals surface area contributed by atoms with E-state index < -0.39 is 0 Å². The fourth-order valence-electron chi connectivity index (χ4n) is 2.41. The Kier molecular flexibility index (Phi) is 3.39. The largest absolute Gasteiger partial charge is 0.360 e. The van der Waals surface area contributed by atoms with Crippen LogP contribution in [0.2, 0.25) is 0 Å². The second-order valence-corrected chi connectivity index (χ2v) is 5.33. The van der Waals surface area contributed by atoms with Gasteiger partial charge in [0.05, 0.1) is 17.5 Å². The first-order valence-electron chi connectivity index (χ1n) is 6.93. The van der Waals surface area contributed by atoms with Gasteiger partial charge in [-0.2, -0.15) is 0 Å². The summed E-state index contributed by atoms with van der Waals surface area (Å²) in [6.45, 7) is 2.02. The normalized spacial score (nSPS) is 27.6. The molecule has 0 fully saturated rings. The Morgan fingerprint density at radius 3 is 2.90 bits per heavy atom. The molecule has 2 unspecified atom stereocenters. The molecule has 110 valence electrons. The second-order valence-electron chi connectivity index (χ2n) is 5.33. The van der Waals surface area contributed by atoms with E-state index >= 15 is 0 Å². The number of nitrogens with one attached hydrogen (secondary N) is 1. The van der Waals surface area contributed by atoms with Gasteiger partial charge in [0, 0.05) is 32.2 Å². The van der Waals surface area contributed by atoms with E-state index in [1.54, 1.807) is 6.20 Å². The topological polar surface area (TPSA) is 69.2 Å². The lowest BCUT2D eigenvalue weighted by Gasteiger charge is -2.30. The molecule has 0 saturated heterocycles. The van der Waals surface area contributed by atoms with Gasteiger partial charge in [-0.3, -0.25) is 10.7 Å². The van der Waals surface area contributed by atoms with Crippen LogP contribution in [0, 0.1) is 0 Å². The maximum absolute atomic E-state index is 5.98. The first kappa shape index (κ1) is 13.6. The predicted octanol–water partition coefficient (Wildman–Crippen LogP) is 0.746. The Bertz CT molecular complexity index is 622. The third-order valence-corrected chi connectivity index (χ3v) is 3.83. The van der Waals surface area contributed by atoms with Gasteiger partial charge < -0.3 is 15.1 Å². The van der Waals surface area contributed by atoms with Crippen molar-refractivity contribution in [3.05, 3.63) is 48.1 Å². The minimum absolute atomic E-state index is 0.0753. The summed E-state index contributed by atoms with van der Waals surface area (Å²) in [6.07, 6.45) is 11.6. The fraction of sp³-hybridized carbons (Fsp3) is 0.333. The van der Waals surface area contributed by atoms with E-state index in [9.17, 15) is 0 Å². The van der Waals surface area contributed by atoms with Crippen LogP contribution in [0.1, 0.15) is 6.92 Å². The molecule has 0 radical (unpaired) electrons. The maximum Gasteiger partial charge on any atom is 0.175 e. The molecule has 21 heavy (non-hydrogen) atoms. The van der Waals surface area contributed by atoms with Gasteiger partial charge in [-0.15, -0.1) is 0 Å². The van der Waals surface area contributed by atoms with E-state index in [0.29, 0.717) is 0 Å². The summed E-state index contributed by atoms with van der Waals surface area (Å²) in [6, 6.07) is 0.0753. The molecule has 3 N–H and O–H groups in total. The van der Waals surface area contributed by atoms with Crippen LogP contribution in [0.15, 0.2) is 58.1 Å². The minimum Gasteiger partial charge on any atom is -0.360 e. The third-order valence-electron chi connectivity index (χ3n) is 3.83. The molecule has 6 heteroatoms. The molecule has 0 aromatic rings. The SMILES string of the molecule is CC1=CC(NC2C=CC3=NC=CN(C)C3=C2)=NC(N)N1C. The third kappa shape index (κ3) is 2.62. The smallest absolute Gasteiger partial charge is 0.175 e. The molecule has 0 amide bonds. The Balaban J connectivity index is 1.77. The first-order chi connectivity index (χ1) is 10.0. The number of hydrogen-bond acceptors (Lipinski definition) is 6. The summed E-state index contributed by atoms with van der Waals surface area (Å²) in [4.78, 5) is 12.8. The second kappa shape index (κ2) is 5.21. The molecule has 2 atom stereocenters. The van der Waals surface area contributed by atoms with Crippen LogP contribution in [0.5, 0.6) is 0 Å². The van der Waals surface area contributed by atoms with Crippen molar-refractivity contribution in [1.29, 1.82) is 0 Å². The Morgan fingerprint density at radius 2 is 2.14 bits per heavy atom. The highest BCUT2D eigenvalue weighted by atomic mass is 15.3. The minimum atomic E-state index is -0.338. The van der Waals surface area contributed by atoms with E-state index in [0.717, 1.165) is 22.9 Å². The van der Waals surface area contributed by atoms with Crippen molar-refractivity contribution < 1.29 is 0 Å². The Morgan fingerprint density at radius 1 is 1.33 bits per heavy atom. The molecule has 2 aliphatic heterocycles. The lowest BCUT2D eigenvalue weighted by Crippen LogP contribution is -2.44. The van der Waals surface area contributed by atoms with Gasteiger partial charge in [0.25, 0.3) is 0 Å². The highest BCUT2D eigenvalue weighted by molar-refractivity contribution is 6.10. The van der Waals surface area contributed by atoms with Gasteiger partial charge in [-0.25, -0.2) is 4.99 Å². The van der Waals surface area contributed by atoms with E-state index in [4.69, 9.17) is 5.73 Å². The van der Waals surface area contributed by atoms with Crippen molar-refractivity contribution in [2.45, 2.75) is 19.3 Å². The Labute approximate surface area is 124 Å². The molecule has 0 bridgehead atoms. The van der Waals surface area contributed by atoms with Crippen LogP contribution < -0.4 is 11.1 Å². The molecule has 6 nitrogen and oxygen atoms in total. The molecule has 2 heterocycles. The van der Waals surface area contributed by atoms with Crippen molar-refractivity contribution in [3.8, 4) is 0 Å². The number of fused-ring (bicyclic) bond motifs is 1. The predicted molar refractivity (Wildman–Crippen MR) is 85.4 cm³/mol. The quantitative estimate of drug-likeness (QED) is 0.745. The van der Waals surface area contributed by atoms with Gasteiger partial charge in [0.2, 0.25) is 0 Å². The van der Waals surface area contributed by atoms with Crippen LogP contribution in [-0.2, 0) is 0 Å². The van der Waals surface area contributed by atoms with Crippen molar-refractivity contribution in [3.63, 3.8) is 0 Å². The van der Waals surface area contributed by atoms with Gasteiger partial charge in [0.15, 0.2) is 6.29 Å². The summed E-state index contributed by atoms with van der Waals surface area (Å²) in [5.74, 6) is 0.805. The van der Waals surface area contributed by atoms with Gasteiger partial charge in [0.1, 0.15) is 5.84 Å². The maximum atomic E-state index is 5.98. The molecule has 3 rings (SSSR count). The summed E-state index contributed by atoms with van der Waals surface area (Å²) < 4.78 is 0. The van der Waals surface area contributed by atoms with E-state index in [1.807, 2.05) is 44.3 Å². The van der Waals surface area contributed by atoms with Gasteiger partial charge >= 0.3 is 0 Å². The van der Waals surface area contributed by atoms with Crippen LogP contribution in [0.3, 0.4) is 0 Å². The van der Waals surface area contributed by atoms with Crippen LogP contribution in [0.25, 0.3) is 0 Å². The monoisotopic (exact) mass is 284 g/mol. The lowest BCUT2D eigenvalue weighted by molar-refractivity contribution is 0.314. The van der Waals surface area contributed by atoms with Crippen molar-refractivity contribution in [1.82, 2.24) is 15.1 Å². The lowest BCUT2D eigenvalue weighted by atomic mass is 10.0. The number of hydrogen-bond donors (Lipinski definition) is 2. The number of nitrogens with two attached hydrogens (primary N) is 1. The average molecular weight is 284 g/mol. The fourth-order valence-corrected chi connectivity index (χ4v) is 2.41. The van der Waals surface area contributed by atoms with Crippen LogP contribution >= 0.6 is 0 Å². The first-order valence-corrected chi connectivity index (χ1v) is 6.93. The van der Waals surface area contributed by atoms with Gasteiger partial charge in [-0.1, -0.05) is 6.08 Å². The summed E-state index contributed by atoms with van der Waals surface area (Å²) >= 11 is 0. The van der Waals surface area contributed by atoms with Crippen molar-refractivity contribution >= 4 is 11.5 Å². The summed E-state index contributed by atoms with van der Waals surface area (Å²) in [5, 5.41) is 3.39. The zero-order valence-corrected chi connectivity index (χ0v) is 12.5. The number of aliphatic imine (C=N–C) groups is 2. The molecular formula is C15H20N6. The van der Waals surface area contributed by atoms with Crippen molar-refractivity contribution in [2.75, 3.05) is 14.1 Å². The number of allylic oxidation sites excluding steroid dienone is 2. The average Bonchev–Trinajstić information content (AvgIpc) is 2.45. The molecule has 0 aromatic carbocycles. The van der Waals surface area contributed by atoms with Crippen molar-refractivity contribution in [2.24, 2.45) is 15.7 Å². The summed E-state index contributed by atoms with van der Waals surface area (Å²) in [5.41, 5.74) is 9.14. The van der Waals surface area contributed by atoms with Gasteiger partial charge in [-0.05, 0) is 25.2 Å². The molecule has 0 spiro atoms. The molecule has 0 aromatic heterocycles. The standard InChI is InChI=1S/C15H20N6/c1-10-8-14(19-15(16)21(10)3)18-11-4-5-12-13(9-11)20(2)7-6-17-12/h4-9,11,15H,16H2,1-3H3,(H,18,19). The molecule has 3 aliphatic rings. The Hall–Kier alpha value is -2.34.